The van der Waals surface area contributed by atoms with Crippen molar-refractivity contribution in [3.05, 3.63) is 29.3 Å². The van der Waals surface area contributed by atoms with E-state index in [2.05, 4.69) is 24.0 Å². The third-order valence-electron chi connectivity index (χ3n) is 6.02. The minimum Gasteiger partial charge on any atom is -0.497 e. The highest BCUT2D eigenvalue weighted by Crippen LogP contribution is 2.39. The number of amides is 1. The third kappa shape index (κ3) is 4.38. The van der Waals surface area contributed by atoms with Crippen LogP contribution >= 0.6 is 0 Å². The van der Waals surface area contributed by atoms with Crippen molar-refractivity contribution >= 4 is 5.91 Å². The molecule has 2 fully saturated rings. The van der Waals surface area contributed by atoms with E-state index in [1.54, 1.807) is 7.11 Å². The Bertz CT molecular complexity index is 634. The molecule has 144 valence electrons. The van der Waals surface area contributed by atoms with Gasteiger partial charge in [-0.2, -0.15) is 0 Å². The first kappa shape index (κ1) is 19.2. The standard InChI is InChI=1S/C21H32N2O3/c1-17-13-19(26-2)6-5-18(17)14-22-10-3-8-21(15-22)9-7-20(25)23(16-21)11-4-12-24/h5-6,13,24H,3-4,7-12,14-16H2,1-2H3. The number of rotatable bonds is 6. The number of aryl methyl sites for hydroxylation is 1. The van der Waals surface area contributed by atoms with Crippen LogP contribution in [0.3, 0.4) is 0 Å². The summed E-state index contributed by atoms with van der Waals surface area (Å²) in [7, 11) is 1.70. The second-order valence-electron chi connectivity index (χ2n) is 8.00. The van der Waals surface area contributed by atoms with Gasteiger partial charge in [0.15, 0.2) is 0 Å². The van der Waals surface area contributed by atoms with Crippen LogP contribution in [0.4, 0.5) is 0 Å². The lowest BCUT2D eigenvalue weighted by Crippen LogP contribution is -2.54. The minimum absolute atomic E-state index is 0.152. The number of aliphatic hydroxyl groups is 1. The van der Waals surface area contributed by atoms with Crippen LogP contribution in [0.1, 0.15) is 43.2 Å². The highest BCUT2D eigenvalue weighted by molar-refractivity contribution is 5.77. The fraction of sp³-hybridized carbons (Fsp3) is 0.667. The Hall–Kier alpha value is -1.59. The van der Waals surface area contributed by atoms with E-state index in [-0.39, 0.29) is 17.9 Å². The Balaban J connectivity index is 1.66. The van der Waals surface area contributed by atoms with Gasteiger partial charge in [0, 0.05) is 44.6 Å². The molecule has 0 saturated carbocycles. The van der Waals surface area contributed by atoms with E-state index in [1.807, 2.05) is 11.0 Å². The van der Waals surface area contributed by atoms with Gasteiger partial charge in [0.2, 0.25) is 5.91 Å². The van der Waals surface area contributed by atoms with Gasteiger partial charge in [-0.1, -0.05) is 6.07 Å². The quantitative estimate of drug-likeness (QED) is 0.847. The number of carbonyl (C=O) groups is 1. The number of likely N-dealkylation sites (tertiary alicyclic amines) is 2. The molecule has 1 aromatic carbocycles. The summed E-state index contributed by atoms with van der Waals surface area (Å²) in [5.74, 6) is 1.17. The first-order valence-corrected chi connectivity index (χ1v) is 9.80. The lowest BCUT2D eigenvalue weighted by Gasteiger charge is -2.48. The van der Waals surface area contributed by atoms with Gasteiger partial charge in [-0.3, -0.25) is 9.69 Å². The van der Waals surface area contributed by atoms with Gasteiger partial charge in [0.1, 0.15) is 5.75 Å². The second kappa shape index (κ2) is 8.40. The van der Waals surface area contributed by atoms with Crippen molar-refractivity contribution in [2.75, 3.05) is 39.9 Å². The van der Waals surface area contributed by atoms with Gasteiger partial charge in [0.05, 0.1) is 7.11 Å². The molecule has 0 bridgehead atoms. The highest BCUT2D eigenvalue weighted by Gasteiger charge is 2.41. The van der Waals surface area contributed by atoms with E-state index in [4.69, 9.17) is 9.84 Å². The third-order valence-corrected chi connectivity index (χ3v) is 6.02. The highest BCUT2D eigenvalue weighted by atomic mass is 16.5. The topological polar surface area (TPSA) is 53.0 Å². The maximum absolute atomic E-state index is 12.2. The predicted octanol–water partition coefficient (Wildman–Crippen LogP) is 2.59. The number of piperidine rings is 2. The maximum Gasteiger partial charge on any atom is 0.222 e. The average Bonchev–Trinajstić information content (AvgIpc) is 2.64. The molecule has 1 unspecified atom stereocenters. The molecule has 1 N–H and O–H groups in total. The molecule has 26 heavy (non-hydrogen) atoms. The molecule has 2 saturated heterocycles. The average molecular weight is 360 g/mol. The van der Waals surface area contributed by atoms with Gasteiger partial charge in [0.25, 0.3) is 0 Å². The monoisotopic (exact) mass is 360 g/mol. The molecule has 0 aromatic heterocycles. The van der Waals surface area contributed by atoms with Crippen molar-refractivity contribution in [3.63, 3.8) is 0 Å². The van der Waals surface area contributed by atoms with Crippen molar-refractivity contribution < 1.29 is 14.6 Å². The van der Waals surface area contributed by atoms with E-state index in [0.29, 0.717) is 19.4 Å². The van der Waals surface area contributed by atoms with Gasteiger partial charge >= 0.3 is 0 Å². The van der Waals surface area contributed by atoms with Crippen molar-refractivity contribution in [2.24, 2.45) is 5.41 Å². The first-order chi connectivity index (χ1) is 12.5. The summed E-state index contributed by atoms with van der Waals surface area (Å²) in [5, 5.41) is 9.10. The first-order valence-electron chi connectivity index (χ1n) is 9.80. The van der Waals surface area contributed by atoms with E-state index in [9.17, 15) is 4.79 Å². The van der Waals surface area contributed by atoms with E-state index in [0.717, 1.165) is 38.3 Å². The summed E-state index contributed by atoms with van der Waals surface area (Å²) in [5.41, 5.74) is 2.85. The second-order valence-corrected chi connectivity index (χ2v) is 8.00. The van der Waals surface area contributed by atoms with Crippen molar-refractivity contribution in [1.29, 1.82) is 0 Å². The van der Waals surface area contributed by atoms with Gasteiger partial charge < -0.3 is 14.7 Å². The Morgan fingerprint density at radius 1 is 1.27 bits per heavy atom. The molecule has 1 spiro atoms. The van der Waals surface area contributed by atoms with Crippen LogP contribution in [0.5, 0.6) is 5.75 Å². The zero-order valence-corrected chi connectivity index (χ0v) is 16.2. The van der Waals surface area contributed by atoms with Crippen molar-refractivity contribution in [3.8, 4) is 5.75 Å². The van der Waals surface area contributed by atoms with Crippen molar-refractivity contribution in [1.82, 2.24) is 9.80 Å². The number of methoxy groups -OCH3 is 1. The normalized spacial score (nSPS) is 24.3. The smallest absolute Gasteiger partial charge is 0.222 e. The number of hydrogen-bond acceptors (Lipinski definition) is 4. The number of carbonyl (C=O) groups excluding carboxylic acids is 1. The van der Waals surface area contributed by atoms with Gasteiger partial charge in [-0.05, 0) is 62.4 Å². The lowest BCUT2D eigenvalue weighted by atomic mass is 9.73. The molecular formula is C21H32N2O3. The molecule has 1 amide bonds. The Morgan fingerprint density at radius 2 is 2.12 bits per heavy atom. The summed E-state index contributed by atoms with van der Waals surface area (Å²) < 4.78 is 5.32. The summed E-state index contributed by atoms with van der Waals surface area (Å²) in [6.45, 7) is 6.98. The fourth-order valence-corrected chi connectivity index (χ4v) is 4.56. The van der Waals surface area contributed by atoms with Crippen LogP contribution < -0.4 is 4.74 Å². The number of ether oxygens (including phenoxy) is 1. The van der Waals surface area contributed by atoms with Crippen LogP contribution in [0.25, 0.3) is 0 Å². The van der Waals surface area contributed by atoms with Crippen LogP contribution in [-0.4, -0.2) is 60.7 Å². The molecule has 5 heteroatoms. The van der Waals surface area contributed by atoms with Crippen LogP contribution in [0.15, 0.2) is 18.2 Å². The maximum atomic E-state index is 12.2. The number of nitrogens with zero attached hydrogens (tertiary/aromatic N) is 2. The molecule has 2 heterocycles. The van der Waals surface area contributed by atoms with E-state index in [1.165, 1.54) is 24.0 Å². The summed E-state index contributed by atoms with van der Waals surface area (Å²) >= 11 is 0. The number of hydrogen-bond donors (Lipinski definition) is 1. The number of aliphatic hydroxyl groups excluding tert-OH is 1. The SMILES string of the molecule is COc1ccc(CN2CCCC3(CCC(=O)N(CCCO)C3)C2)c(C)c1. The molecule has 1 atom stereocenters. The van der Waals surface area contributed by atoms with E-state index >= 15 is 0 Å². The van der Waals surface area contributed by atoms with Gasteiger partial charge in [-0.25, -0.2) is 0 Å². The Morgan fingerprint density at radius 3 is 2.85 bits per heavy atom. The molecule has 0 radical (unpaired) electrons. The van der Waals surface area contributed by atoms with Crippen LogP contribution in [-0.2, 0) is 11.3 Å². The van der Waals surface area contributed by atoms with Crippen LogP contribution in [0.2, 0.25) is 0 Å². The summed E-state index contributed by atoms with van der Waals surface area (Å²) in [6.07, 6.45) is 4.72. The molecule has 2 aliphatic rings. The summed E-state index contributed by atoms with van der Waals surface area (Å²) in [6, 6.07) is 6.32. The Kier molecular flexibility index (Phi) is 6.20. The van der Waals surface area contributed by atoms with E-state index < -0.39 is 0 Å². The molecule has 2 aliphatic heterocycles. The zero-order valence-electron chi connectivity index (χ0n) is 16.2. The minimum atomic E-state index is 0.152. The molecule has 1 aromatic rings. The summed E-state index contributed by atoms with van der Waals surface area (Å²) in [4.78, 5) is 16.8. The molecule has 3 rings (SSSR count). The predicted molar refractivity (Wildman–Crippen MR) is 102 cm³/mol. The molecular weight excluding hydrogens is 328 g/mol. The fourth-order valence-electron chi connectivity index (χ4n) is 4.56. The lowest BCUT2D eigenvalue weighted by molar-refractivity contribution is -0.139. The van der Waals surface area contributed by atoms with Crippen LogP contribution in [0, 0.1) is 12.3 Å². The molecule has 5 nitrogen and oxygen atoms in total. The Labute approximate surface area is 156 Å². The number of benzene rings is 1. The van der Waals surface area contributed by atoms with Gasteiger partial charge in [-0.15, -0.1) is 0 Å². The largest absolute Gasteiger partial charge is 0.497 e. The van der Waals surface area contributed by atoms with Crippen molar-refractivity contribution in [2.45, 2.75) is 45.6 Å². The molecule has 0 aliphatic carbocycles. The zero-order chi connectivity index (χ0) is 18.6.